The van der Waals surface area contributed by atoms with Gasteiger partial charge in [-0.3, -0.25) is 14.9 Å². The van der Waals surface area contributed by atoms with E-state index in [1.165, 1.54) is 19.1 Å². The molecule has 8 nitrogen and oxygen atoms in total. The number of Topliss-reactive ketones (excluding diaryl/α,β-unsaturated/α-hetero) is 1. The van der Waals surface area contributed by atoms with Gasteiger partial charge in [0.05, 0.1) is 17.9 Å². The Kier molecular flexibility index (Phi) is 7.67. The van der Waals surface area contributed by atoms with Crippen molar-refractivity contribution < 1.29 is 24.6 Å². The third kappa shape index (κ3) is 6.53. The average molecular weight is 401 g/mol. The summed E-state index contributed by atoms with van der Waals surface area (Å²) in [5.41, 5.74) is 1.78. The highest BCUT2D eigenvalue weighted by Gasteiger charge is 2.26. The van der Waals surface area contributed by atoms with Crippen LogP contribution in [0.15, 0.2) is 36.8 Å². The van der Waals surface area contributed by atoms with Gasteiger partial charge in [-0.1, -0.05) is 26.0 Å². The van der Waals surface area contributed by atoms with Gasteiger partial charge in [-0.25, -0.2) is 9.78 Å². The average Bonchev–Trinajstić information content (AvgIpc) is 3.07. The maximum atomic E-state index is 11.9. The topological polar surface area (TPSA) is 122 Å². The van der Waals surface area contributed by atoms with Crippen LogP contribution in [0.25, 0.3) is 0 Å². The zero-order chi connectivity index (χ0) is 21.6. The highest BCUT2D eigenvalue weighted by molar-refractivity contribution is 5.87. The normalized spacial score (nSPS) is 13.2. The number of nitrogens with zero attached hydrogens (tertiary/aromatic N) is 2. The molecule has 8 heteroatoms. The number of hydrogen-bond acceptors (Lipinski definition) is 5. The largest absolute Gasteiger partial charge is 0.480 e. The van der Waals surface area contributed by atoms with E-state index < -0.39 is 24.0 Å². The first kappa shape index (κ1) is 22.3. The Morgan fingerprint density at radius 2 is 1.76 bits per heavy atom. The van der Waals surface area contributed by atoms with Crippen LogP contribution in [0.3, 0.4) is 0 Å². The summed E-state index contributed by atoms with van der Waals surface area (Å²) in [7, 11) is 0. The van der Waals surface area contributed by atoms with Crippen LogP contribution >= 0.6 is 0 Å². The Balaban J connectivity index is 2.13. The zero-order valence-corrected chi connectivity index (χ0v) is 16.8. The molecule has 2 rings (SSSR count). The molecule has 0 aliphatic heterocycles. The number of carbonyl (C=O) groups is 3. The number of hydrogen-bond donors (Lipinski definition) is 3. The molecule has 1 aromatic carbocycles. The SMILES string of the molecule is CC(=O)C(CC(C)C)NC(Cc1cncn1Cc1ccc(C(=O)O)cc1)C(=O)O. The minimum absolute atomic E-state index is 0.0861. The molecule has 0 aliphatic rings. The Morgan fingerprint density at radius 3 is 2.28 bits per heavy atom. The molecule has 2 aromatic rings. The number of aromatic carboxylic acids is 1. The molecular weight excluding hydrogens is 374 g/mol. The summed E-state index contributed by atoms with van der Waals surface area (Å²) in [5, 5.41) is 21.6. The van der Waals surface area contributed by atoms with Gasteiger partial charge >= 0.3 is 11.9 Å². The molecule has 2 atom stereocenters. The van der Waals surface area contributed by atoms with Crippen molar-refractivity contribution in [2.24, 2.45) is 5.92 Å². The highest BCUT2D eigenvalue weighted by Crippen LogP contribution is 2.12. The molecule has 29 heavy (non-hydrogen) atoms. The maximum absolute atomic E-state index is 11.9. The lowest BCUT2D eigenvalue weighted by atomic mass is 9.99. The summed E-state index contributed by atoms with van der Waals surface area (Å²) < 4.78 is 1.82. The van der Waals surface area contributed by atoms with E-state index in [0.29, 0.717) is 18.7 Å². The van der Waals surface area contributed by atoms with Crippen molar-refractivity contribution in [2.75, 3.05) is 0 Å². The molecule has 0 fully saturated rings. The van der Waals surface area contributed by atoms with E-state index in [-0.39, 0.29) is 23.7 Å². The number of nitrogens with one attached hydrogen (secondary N) is 1. The third-order valence-corrected chi connectivity index (χ3v) is 4.66. The Hall–Kier alpha value is -3.00. The lowest BCUT2D eigenvalue weighted by molar-refractivity contribution is -0.140. The lowest BCUT2D eigenvalue weighted by Gasteiger charge is -2.23. The van der Waals surface area contributed by atoms with Crippen molar-refractivity contribution in [1.29, 1.82) is 0 Å². The standard InChI is InChI=1S/C21H27N3O5/c1-13(2)8-18(14(3)25)23-19(21(28)29)9-17-10-22-12-24(17)11-15-4-6-16(7-5-15)20(26)27/h4-7,10,12-13,18-19,23H,8-9,11H2,1-3H3,(H,26,27)(H,28,29). The van der Waals surface area contributed by atoms with Crippen molar-refractivity contribution in [3.63, 3.8) is 0 Å². The smallest absolute Gasteiger partial charge is 0.335 e. The van der Waals surface area contributed by atoms with Crippen LogP contribution in [0.1, 0.15) is 48.8 Å². The molecule has 0 bridgehead atoms. The fourth-order valence-corrected chi connectivity index (χ4v) is 3.10. The van der Waals surface area contributed by atoms with Gasteiger partial charge in [0, 0.05) is 24.9 Å². The van der Waals surface area contributed by atoms with E-state index >= 15 is 0 Å². The van der Waals surface area contributed by atoms with E-state index in [0.717, 1.165) is 5.56 Å². The number of ketones is 1. The van der Waals surface area contributed by atoms with Crippen LogP contribution in [0.4, 0.5) is 0 Å². The molecule has 1 heterocycles. The van der Waals surface area contributed by atoms with Crippen LogP contribution in [0.5, 0.6) is 0 Å². The Bertz CT molecular complexity index is 857. The van der Waals surface area contributed by atoms with Crippen LogP contribution in [0, 0.1) is 5.92 Å². The number of aromatic nitrogens is 2. The number of carboxylic acid groups (broad SMARTS) is 2. The Morgan fingerprint density at radius 1 is 1.10 bits per heavy atom. The molecular formula is C21H27N3O5. The number of aliphatic carboxylic acids is 1. The van der Waals surface area contributed by atoms with Gasteiger partial charge in [-0.2, -0.15) is 0 Å². The van der Waals surface area contributed by atoms with Crippen LogP contribution < -0.4 is 5.32 Å². The fraction of sp³-hybridized carbons (Fsp3) is 0.429. The summed E-state index contributed by atoms with van der Waals surface area (Å²) in [6.07, 6.45) is 3.95. The van der Waals surface area contributed by atoms with Crippen LogP contribution in [-0.2, 0) is 22.6 Å². The zero-order valence-electron chi connectivity index (χ0n) is 16.8. The summed E-state index contributed by atoms with van der Waals surface area (Å²) in [4.78, 5) is 38.8. The van der Waals surface area contributed by atoms with E-state index in [4.69, 9.17) is 5.11 Å². The number of imidazole rings is 1. The van der Waals surface area contributed by atoms with Gasteiger partial charge in [-0.05, 0) is 37.0 Å². The quantitative estimate of drug-likeness (QED) is 0.528. The molecule has 156 valence electrons. The van der Waals surface area contributed by atoms with E-state index in [9.17, 15) is 19.5 Å². The Labute approximate surface area is 169 Å². The number of benzene rings is 1. The van der Waals surface area contributed by atoms with Crippen molar-refractivity contribution in [2.45, 2.75) is 52.2 Å². The third-order valence-electron chi connectivity index (χ3n) is 4.66. The minimum Gasteiger partial charge on any atom is -0.480 e. The molecule has 0 radical (unpaired) electrons. The predicted molar refractivity (Wildman–Crippen MR) is 107 cm³/mol. The monoisotopic (exact) mass is 401 g/mol. The van der Waals surface area contributed by atoms with Crippen LogP contribution in [0.2, 0.25) is 0 Å². The van der Waals surface area contributed by atoms with Gasteiger partial charge < -0.3 is 14.8 Å². The highest BCUT2D eigenvalue weighted by atomic mass is 16.4. The first-order valence-electron chi connectivity index (χ1n) is 9.48. The summed E-state index contributed by atoms with van der Waals surface area (Å²) in [6, 6.07) is 5.05. The number of carboxylic acids is 2. The van der Waals surface area contributed by atoms with E-state index in [1.54, 1.807) is 24.7 Å². The van der Waals surface area contributed by atoms with Crippen molar-refractivity contribution in [3.05, 3.63) is 53.6 Å². The molecule has 3 N–H and O–H groups in total. The molecule has 0 saturated carbocycles. The fourth-order valence-electron chi connectivity index (χ4n) is 3.10. The second kappa shape index (κ2) is 9.97. The first-order valence-corrected chi connectivity index (χ1v) is 9.48. The number of rotatable bonds is 11. The second-order valence-corrected chi connectivity index (χ2v) is 7.57. The molecule has 0 aliphatic carbocycles. The molecule has 1 aromatic heterocycles. The molecule has 0 spiro atoms. The second-order valence-electron chi connectivity index (χ2n) is 7.57. The van der Waals surface area contributed by atoms with E-state index in [2.05, 4.69) is 10.3 Å². The van der Waals surface area contributed by atoms with Gasteiger partial charge in [0.15, 0.2) is 0 Å². The van der Waals surface area contributed by atoms with Crippen molar-refractivity contribution >= 4 is 17.7 Å². The predicted octanol–water partition coefficient (Wildman–Crippen LogP) is 2.22. The summed E-state index contributed by atoms with van der Waals surface area (Å²) in [5.74, 6) is -1.85. The summed E-state index contributed by atoms with van der Waals surface area (Å²) >= 11 is 0. The lowest BCUT2D eigenvalue weighted by Crippen LogP contribution is -2.48. The van der Waals surface area contributed by atoms with Gasteiger partial charge in [0.25, 0.3) is 0 Å². The van der Waals surface area contributed by atoms with Crippen molar-refractivity contribution in [3.8, 4) is 0 Å². The van der Waals surface area contributed by atoms with Gasteiger partial charge in [0.2, 0.25) is 0 Å². The summed E-state index contributed by atoms with van der Waals surface area (Å²) in [6.45, 7) is 5.86. The molecule has 0 amide bonds. The van der Waals surface area contributed by atoms with E-state index in [1.807, 2.05) is 18.4 Å². The molecule has 0 saturated heterocycles. The van der Waals surface area contributed by atoms with Gasteiger partial charge in [-0.15, -0.1) is 0 Å². The number of carbonyl (C=O) groups excluding carboxylic acids is 1. The van der Waals surface area contributed by atoms with Crippen molar-refractivity contribution in [1.82, 2.24) is 14.9 Å². The maximum Gasteiger partial charge on any atom is 0.335 e. The van der Waals surface area contributed by atoms with Crippen LogP contribution in [-0.4, -0.2) is 49.6 Å². The molecule has 2 unspecified atom stereocenters. The first-order chi connectivity index (χ1) is 13.7. The van der Waals surface area contributed by atoms with Gasteiger partial charge in [0.1, 0.15) is 11.8 Å². The minimum atomic E-state index is -1.03.